The molecule has 0 atom stereocenters. The molecule has 5 heteroatoms. The van der Waals surface area contributed by atoms with Crippen LogP contribution in [0.2, 0.25) is 0 Å². The van der Waals surface area contributed by atoms with E-state index in [1.165, 1.54) is 0 Å². The highest BCUT2D eigenvalue weighted by atomic mass is 16.5. The highest BCUT2D eigenvalue weighted by Gasteiger charge is 2.19. The molecule has 5 nitrogen and oxygen atoms in total. The van der Waals surface area contributed by atoms with Crippen molar-refractivity contribution in [2.75, 3.05) is 40.3 Å². The van der Waals surface area contributed by atoms with Gasteiger partial charge in [0, 0.05) is 37.0 Å². The first kappa shape index (κ1) is 15.8. The maximum atomic E-state index is 10.3. The lowest BCUT2D eigenvalue weighted by Gasteiger charge is -2.18. The van der Waals surface area contributed by atoms with E-state index in [0.717, 1.165) is 5.69 Å². The van der Waals surface area contributed by atoms with E-state index < -0.39 is 0 Å². The van der Waals surface area contributed by atoms with Crippen molar-refractivity contribution in [3.63, 3.8) is 0 Å². The highest BCUT2D eigenvalue weighted by molar-refractivity contribution is 5.81. The van der Waals surface area contributed by atoms with Crippen molar-refractivity contribution in [3.8, 4) is 34.1 Å². The van der Waals surface area contributed by atoms with Crippen LogP contribution < -0.4 is 19.1 Å². The van der Waals surface area contributed by atoms with Crippen LogP contribution in [0.4, 0.5) is 5.69 Å². The molecule has 0 spiro atoms. The third-order valence-electron chi connectivity index (χ3n) is 3.40. The van der Waals surface area contributed by atoms with E-state index in [1.807, 2.05) is 31.1 Å². The van der Waals surface area contributed by atoms with Gasteiger partial charge in [-0.15, -0.1) is 0 Å². The topological polar surface area (TPSA) is 51.2 Å². The zero-order valence-corrected chi connectivity index (χ0v) is 13.4. The molecule has 1 N–H and O–H groups in total. The molecular formula is C17H20NO4. The Bertz CT molecular complexity index is 668. The minimum Gasteiger partial charge on any atom is -0.507 e. The number of aromatic hydroxyl groups is 1. The molecule has 22 heavy (non-hydrogen) atoms. The first-order valence-corrected chi connectivity index (χ1v) is 6.74. The van der Waals surface area contributed by atoms with Crippen molar-refractivity contribution in [3.05, 3.63) is 30.3 Å². The van der Waals surface area contributed by atoms with E-state index in [0.29, 0.717) is 28.4 Å². The summed E-state index contributed by atoms with van der Waals surface area (Å²) in [4.78, 5) is 1.92. The number of phenolic OH excluding ortho intramolecular Hbond substituents is 1. The average molecular weight is 302 g/mol. The van der Waals surface area contributed by atoms with Gasteiger partial charge in [0.15, 0.2) is 11.5 Å². The van der Waals surface area contributed by atoms with Crippen LogP contribution in [0.3, 0.4) is 0 Å². The van der Waals surface area contributed by atoms with Crippen LogP contribution in [-0.2, 0) is 0 Å². The number of methoxy groups -OCH3 is 3. The second-order valence-corrected chi connectivity index (χ2v) is 4.89. The van der Waals surface area contributed by atoms with Gasteiger partial charge in [-0.1, -0.05) is 0 Å². The molecule has 0 heterocycles. The van der Waals surface area contributed by atoms with Crippen LogP contribution in [0.5, 0.6) is 23.0 Å². The van der Waals surface area contributed by atoms with Gasteiger partial charge >= 0.3 is 0 Å². The van der Waals surface area contributed by atoms with Gasteiger partial charge in [-0.05, 0) is 24.3 Å². The molecule has 0 aliphatic heterocycles. The molecule has 0 aliphatic rings. The van der Waals surface area contributed by atoms with E-state index in [2.05, 4.69) is 6.07 Å². The zero-order valence-electron chi connectivity index (χ0n) is 13.4. The van der Waals surface area contributed by atoms with E-state index in [1.54, 1.807) is 33.5 Å². The summed E-state index contributed by atoms with van der Waals surface area (Å²) in [6.07, 6.45) is 0. The summed E-state index contributed by atoms with van der Waals surface area (Å²) in [5.74, 6) is 1.60. The Morgan fingerprint density at radius 3 is 2.18 bits per heavy atom. The quantitative estimate of drug-likeness (QED) is 0.920. The maximum Gasteiger partial charge on any atom is 0.203 e. The van der Waals surface area contributed by atoms with Gasteiger partial charge in [-0.3, -0.25) is 0 Å². The fourth-order valence-corrected chi connectivity index (χ4v) is 2.24. The Balaban J connectivity index is 2.62. The molecule has 2 aromatic rings. The normalized spacial score (nSPS) is 10.2. The minimum absolute atomic E-state index is 0.146. The van der Waals surface area contributed by atoms with Crippen LogP contribution in [0.25, 0.3) is 11.1 Å². The Labute approximate surface area is 130 Å². The lowest BCUT2D eigenvalue weighted by atomic mass is 10.0. The molecule has 0 saturated carbocycles. The minimum atomic E-state index is 0.146. The third-order valence-corrected chi connectivity index (χ3v) is 3.40. The smallest absolute Gasteiger partial charge is 0.203 e. The van der Waals surface area contributed by atoms with Crippen molar-refractivity contribution >= 4 is 5.69 Å². The summed E-state index contributed by atoms with van der Waals surface area (Å²) >= 11 is 0. The second-order valence-electron chi connectivity index (χ2n) is 4.89. The molecule has 2 rings (SSSR count). The Hall–Kier alpha value is -2.56. The van der Waals surface area contributed by atoms with Crippen LogP contribution in [0.1, 0.15) is 0 Å². The maximum absolute atomic E-state index is 10.3. The first-order chi connectivity index (χ1) is 10.5. The van der Waals surface area contributed by atoms with Gasteiger partial charge in [0.2, 0.25) is 5.75 Å². The monoisotopic (exact) mass is 302 g/mol. The number of benzene rings is 2. The highest BCUT2D eigenvalue weighted by Crippen LogP contribution is 2.46. The van der Waals surface area contributed by atoms with Crippen molar-refractivity contribution in [1.82, 2.24) is 0 Å². The van der Waals surface area contributed by atoms with Gasteiger partial charge in [-0.25, -0.2) is 0 Å². The summed E-state index contributed by atoms with van der Waals surface area (Å²) in [5.41, 5.74) is 2.13. The molecule has 0 bridgehead atoms. The summed E-state index contributed by atoms with van der Waals surface area (Å²) in [7, 11) is 8.46. The van der Waals surface area contributed by atoms with Crippen molar-refractivity contribution in [2.45, 2.75) is 0 Å². The Kier molecular flexibility index (Phi) is 4.65. The Morgan fingerprint density at radius 2 is 1.68 bits per heavy atom. The number of nitrogens with zero attached hydrogens (tertiary/aromatic N) is 1. The molecule has 0 fully saturated rings. The molecule has 0 unspecified atom stereocenters. The summed E-state index contributed by atoms with van der Waals surface area (Å²) in [6, 6.07) is 10.2. The predicted molar refractivity (Wildman–Crippen MR) is 86.4 cm³/mol. The molecule has 0 amide bonds. The van der Waals surface area contributed by atoms with Gasteiger partial charge in [0.1, 0.15) is 5.75 Å². The molecule has 2 aromatic carbocycles. The fourth-order valence-electron chi connectivity index (χ4n) is 2.24. The molecule has 0 aliphatic carbocycles. The molecular weight excluding hydrogens is 282 g/mol. The van der Waals surface area contributed by atoms with Crippen molar-refractivity contribution < 1.29 is 19.3 Å². The fraction of sp³-hybridized carbons (Fsp3) is 0.294. The number of hydrogen-bond acceptors (Lipinski definition) is 5. The van der Waals surface area contributed by atoms with E-state index in [4.69, 9.17) is 14.2 Å². The lowest BCUT2D eigenvalue weighted by molar-refractivity contribution is 0.325. The van der Waals surface area contributed by atoms with Crippen molar-refractivity contribution in [1.29, 1.82) is 0 Å². The van der Waals surface area contributed by atoms with Crippen LogP contribution >= 0.6 is 0 Å². The summed E-state index contributed by atoms with van der Waals surface area (Å²) in [6.45, 7) is 0. The van der Waals surface area contributed by atoms with Crippen LogP contribution in [0, 0.1) is 6.07 Å². The van der Waals surface area contributed by atoms with Gasteiger partial charge in [-0.2, -0.15) is 0 Å². The van der Waals surface area contributed by atoms with E-state index in [-0.39, 0.29) is 5.75 Å². The molecule has 0 saturated heterocycles. The third kappa shape index (κ3) is 2.74. The Morgan fingerprint density at radius 1 is 1.00 bits per heavy atom. The predicted octanol–water partition coefficient (Wildman–Crippen LogP) is 2.95. The number of anilines is 1. The largest absolute Gasteiger partial charge is 0.507 e. The van der Waals surface area contributed by atoms with Crippen molar-refractivity contribution in [2.24, 2.45) is 0 Å². The van der Waals surface area contributed by atoms with E-state index >= 15 is 0 Å². The van der Waals surface area contributed by atoms with Crippen LogP contribution in [-0.4, -0.2) is 40.5 Å². The summed E-state index contributed by atoms with van der Waals surface area (Å²) < 4.78 is 16.0. The standard InChI is InChI=1S/C17H20NO4/c1-18(2)11-6-7-12(14(19)10-11)13-8-9-15(20-3)17(22-5)16(13)21-4/h6-7,9-10,19H,1-5H3. The van der Waals surface area contributed by atoms with Gasteiger partial charge < -0.3 is 24.2 Å². The number of rotatable bonds is 5. The van der Waals surface area contributed by atoms with Gasteiger partial charge in [0.25, 0.3) is 0 Å². The van der Waals surface area contributed by atoms with Gasteiger partial charge in [0.05, 0.1) is 21.3 Å². The molecule has 1 radical (unpaired) electrons. The molecule has 0 aromatic heterocycles. The number of hydrogen-bond donors (Lipinski definition) is 1. The van der Waals surface area contributed by atoms with Crippen LogP contribution in [0.15, 0.2) is 24.3 Å². The summed E-state index contributed by atoms with van der Waals surface area (Å²) in [5, 5.41) is 10.3. The first-order valence-electron chi connectivity index (χ1n) is 6.74. The van der Waals surface area contributed by atoms with E-state index in [9.17, 15) is 5.11 Å². The lowest BCUT2D eigenvalue weighted by Crippen LogP contribution is -2.08. The SMILES string of the molecule is COc1c[c]c(-c2ccc(N(C)C)cc2O)c(OC)c1OC. The number of ether oxygens (including phenoxy) is 3. The zero-order chi connectivity index (χ0) is 16.3. The molecule has 117 valence electrons. The number of phenols is 1. The second kappa shape index (κ2) is 6.47. The average Bonchev–Trinajstić information content (AvgIpc) is 2.53.